The van der Waals surface area contributed by atoms with E-state index in [0.29, 0.717) is 13.0 Å². The van der Waals surface area contributed by atoms with Crippen LogP contribution in [-0.2, 0) is 0 Å². The molecule has 1 aliphatic carbocycles. The molecule has 4 aliphatic rings. The summed E-state index contributed by atoms with van der Waals surface area (Å²) in [4.78, 5) is 2.30. The van der Waals surface area contributed by atoms with Crippen molar-refractivity contribution in [1.29, 1.82) is 0 Å². The van der Waals surface area contributed by atoms with Gasteiger partial charge in [0.2, 0.25) is 0 Å². The van der Waals surface area contributed by atoms with E-state index in [-0.39, 0.29) is 0 Å². The predicted octanol–water partition coefficient (Wildman–Crippen LogP) is 11.7. The van der Waals surface area contributed by atoms with E-state index in [2.05, 4.69) is 139 Å². The SMILES string of the molecule is C/C=C(\C=C1/COc2ccccc21)N(c1ccc(-c2ccccc2)cc1)c1ccc2c(c1)O/C1=C/C=C3\C/C(=C\C=C\2C1)Oc1ccccc13. The molecule has 0 saturated heterocycles. The van der Waals surface area contributed by atoms with Crippen LogP contribution < -0.4 is 19.1 Å². The normalized spacial score (nSPS) is 20.7. The summed E-state index contributed by atoms with van der Waals surface area (Å²) in [5.74, 6) is 4.51. The van der Waals surface area contributed by atoms with Crippen LogP contribution in [0.2, 0.25) is 0 Å². The lowest BCUT2D eigenvalue weighted by atomic mass is 9.93. The smallest absolute Gasteiger partial charge is 0.136 e. The van der Waals surface area contributed by atoms with Crippen molar-refractivity contribution in [1.82, 2.24) is 0 Å². The van der Waals surface area contributed by atoms with Gasteiger partial charge in [0.1, 0.15) is 35.4 Å². The Morgan fingerprint density at radius 1 is 0.560 bits per heavy atom. The molecule has 242 valence electrons. The lowest BCUT2D eigenvalue weighted by Crippen LogP contribution is -2.16. The molecule has 5 aromatic carbocycles. The van der Waals surface area contributed by atoms with Crippen molar-refractivity contribution in [3.8, 4) is 28.4 Å². The summed E-state index contributed by atoms with van der Waals surface area (Å²) in [5.41, 5.74) is 12.4. The summed E-state index contributed by atoms with van der Waals surface area (Å²) in [6, 6.07) is 42.3. The molecule has 4 nitrogen and oxygen atoms in total. The second-order valence-electron chi connectivity index (χ2n) is 12.8. The summed E-state index contributed by atoms with van der Waals surface area (Å²) >= 11 is 0. The van der Waals surface area contributed by atoms with Gasteiger partial charge in [-0.25, -0.2) is 0 Å². The first kappa shape index (κ1) is 29.8. The van der Waals surface area contributed by atoms with Crippen molar-refractivity contribution >= 4 is 28.1 Å². The Labute approximate surface area is 292 Å². The summed E-state index contributed by atoms with van der Waals surface area (Å²) in [7, 11) is 0. The van der Waals surface area contributed by atoms with Crippen molar-refractivity contribution in [2.75, 3.05) is 11.5 Å². The lowest BCUT2D eigenvalue weighted by Gasteiger charge is -2.30. The van der Waals surface area contributed by atoms with Crippen LogP contribution in [0.4, 0.5) is 11.4 Å². The van der Waals surface area contributed by atoms with Crippen LogP contribution in [0, 0.1) is 0 Å². The highest BCUT2D eigenvalue weighted by Crippen LogP contribution is 2.45. The van der Waals surface area contributed by atoms with E-state index in [4.69, 9.17) is 14.2 Å². The minimum atomic E-state index is 0.534. The molecule has 4 bridgehead atoms. The van der Waals surface area contributed by atoms with Crippen molar-refractivity contribution in [3.05, 3.63) is 192 Å². The minimum Gasteiger partial charge on any atom is -0.488 e. The fraction of sp³-hybridized carbons (Fsp3) is 0.0870. The van der Waals surface area contributed by atoms with Gasteiger partial charge in [-0.3, -0.25) is 0 Å². The Balaban J connectivity index is 1.14. The second-order valence-corrected chi connectivity index (χ2v) is 12.8. The standard InChI is InChI=1S/C46H35NO3/c1-2-36(26-35-30-48-44-14-8-6-13-42(35)44)47(37-20-16-32(17-21-37)31-10-4-3-5-11-31)38-22-25-43-34-19-23-39-27-33(41-12-7-9-15-45(41)49-39)18-24-40(28-34)50-46(43)29-38/h2-26,29H,27-28,30H2,1H3/b33-18+,34-19+,35-26+,36-2+,39-23+,40-24+. The van der Waals surface area contributed by atoms with Crippen LogP contribution in [0.25, 0.3) is 27.8 Å². The van der Waals surface area contributed by atoms with Crippen LogP contribution in [0.1, 0.15) is 36.5 Å². The van der Waals surface area contributed by atoms with E-state index in [1.54, 1.807) is 0 Å². The molecule has 5 aromatic rings. The third kappa shape index (κ3) is 5.55. The molecule has 3 heterocycles. The highest BCUT2D eigenvalue weighted by Gasteiger charge is 2.25. The molecule has 0 N–H and O–H groups in total. The average molecular weight is 650 g/mol. The molecular formula is C46H35NO3. The van der Waals surface area contributed by atoms with E-state index in [1.165, 1.54) is 22.3 Å². The zero-order valence-corrected chi connectivity index (χ0v) is 27.8. The maximum atomic E-state index is 6.70. The van der Waals surface area contributed by atoms with Gasteiger partial charge in [0, 0.05) is 58.2 Å². The zero-order valence-electron chi connectivity index (χ0n) is 27.8. The number of allylic oxidation sites excluding steroid dienone is 8. The number of hydrogen-bond acceptors (Lipinski definition) is 4. The number of para-hydroxylation sites is 2. The molecule has 0 radical (unpaired) electrons. The molecular weight excluding hydrogens is 615 g/mol. The van der Waals surface area contributed by atoms with Crippen LogP contribution in [0.15, 0.2) is 175 Å². The van der Waals surface area contributed by atoms with Gasteiger partial charge in [-0.1, -0.05) is 97.1 Å². The van der Waals surface area contributed by atoms with E-state index < -0.39 is 0 Å². The first-order chi connectivity index (χ1) is 24.7. The zero-order chi connectivity index (χ0) is 33.4. The Hall–Kier alpha value is -6.26. The van der Waals surface area contributed by atoms with Crippen LogP contribution in [0.5, 0.6) is 17.2 Å². The molecule has 3 aliphatic heterocycles. The number of fused-ring (bicyclic) bond motifs is 9. The summed E-state index contributed by atoms with van der Waals surface area (Å²) < 4.78 is 19.1. The quantitative estimate of drug-likeness (QED) is 0.190. The van der Waals surface area contributed by atoms with Crippen molar-refractivity contribution < 1.29 is 14.2 Å². The molecule has 4 heteroatoms. The van der Waals surface area contributed by atoms with Crippen LogP contribution in [0.3, 0.4) is 0 Å². The van der Waals surface area contributed by atoms with Crippen molar-refractivity contribution in [2.45, 2.75) is 19.8 Å². The highest BCUT2D eigenvalue weighted by atomic mass is 16.5. The molecule has 0 unspecified atom stereocenters. The molecule has 0 aromatic heterocycles. The molecule has 9 rings (SSSR count). The molecule has 50 heavy (non-hydrogen) atoms. The van der Waals surface area contributed by atoms with Gasteiger partial charge in [-0.2, -0.15) is 0 Å². The first-order valence-corrected chi connectivity index (χ1v) is 17.1. The third-order valence-corrected chi connectivity index (χ3v) is 9.68. The van der Waals surface area contributed by atoms with Crippen molar-refractivity contribution in [2.24, 2.45) is 0 Å². The van der Waals surface area contributed by atoms with E-state index >= 15 is 0 Å². The van der Waals surface area contributed by atoms with Crippen molar-refractivity contribution in [3.63, 3.8) is 0 Å². The molecule has 0 saturated carbocycles. The maximum Gasteiger partial charge on any atom is 0.136 e. The Morgan fingerprint density at radius 3 is 1.90 bits per heavy atom. The van der Waals surface area contributed by atoms with Gasteiger partial charge in [0.15, 0.2) is 0 Å². The lowest BCUT2D eigenvalue weighted by molar-refractivity contribution is 0.388. The monoisotopic (exact) mass is 649 g/mol. The first-order valence-electron chi connectivity index (χ1n) is 17.1. The van der Waals surface area contributed by atoms with E-state index in [1.807, 2.05) is 30.3 Å². The largest absolute Gasteiger partial charge is 0.488 e. The number of anilines is 2. The van der Waals surface area contributed by atoms with E-state index in [9.17, 15) is 0 Å². The summed E-state index contributed by atoms with van der Waals surface area (Å²) in [5, 5.41) is 0. The van der Waals surface area contributed by atoms with Gasteiger partial charge >= 0.3 is 0 Å². The van der Waals surface area contributed by atoms with Gasteiger partial charge in [0.05, 0.1) is 0 Å². The number of hydrogen-bond donors (Lipinski definition) is 0. The van der Waals surface area contributed by atoms with Gasteiger partial charge in [-0.05, 0) is 83.8 Å². The number of benzene rings is 5. The molecule has 0 atom stereocenters. The van der Waals surface area contributed by atoms with E-state index in [0.717, 1.165) is 74.5 Å². The number of rotatable bonds is 5. The average Bonchev–Trinajstić information content (AvgIpc) is 3.58. The van der Waals surface area contributed by atoms with Gasteiger partial charge in [-0.15, -0.1) is 0 Å². The van der Waals surface area contributed by atoms with Crippen LogP contribution >= 0.6 is 0 Å². The Morgan fingerprint density at radius 2 is 1.16 bits per heavy atom. The number of nitrogens with zero attached hydrogens (tertiary/aromatic N) is 1. The molecule has 0 spiro atoms. The summed E-state index contributed by atoms with van der Waals surface area (Å²) in [6.07, 6.45) is 14.5. The van der Waals surface area contributed by atoms with Gasteiger partial charge in [0.25, 0.3) is 0 Å². The Bertz CT molecular complexity index is 2320. The fourth-order valence-electron chi connectivity index (χ4n) is 7.16. The second kappa shape index (κ2) is 12.6. The van der Waals surface area contributed by atoms with Crippen LogP contribution in [-0.4, -0.2) is 6.61 Å². The predicted molar refractivity (Wildman–Crippen MR) is 203 cm³/mol. The Kier molecular flexibility index (Phi) is 7.55. The maximum absolute atomic E-state index is 6.70. The van der Waals surface area contributed by atoms with Gasteiger partial charge < -0.3 is 19.1 Å². The highest BCUT2D eigenvalue weighted by molar-refractivity contribution is 5.84. The molecule has 0 fully saturated rings. The topological polar surface area (TPSA) is 30.9 Å². The fourth-order valence-corrected chi connectivity index (χ4v) is 7.16. The summed E-state index contributed by atoms with van der Waals surface area (Å²) in [6.45, 7) is 2.62. The molecule has 0 amide bonds. The third-order valence-electron chi connectivity index (χ3n) is 9.68. The minimum absolute atomic E-state index is 0.534. The number of ether oxygens (including phenoxy) is 3.